The zero-order valence-electron chi connectivity index (χ0n) is 10.8. The summed E-state index contributed by atoms with van der Waals surface area (Å²) in [5, 5.41) is 9.45. The third-order valence-corrected chi connectivity index (χ3v) is 3.27. The van der Waals surface area contributed by atoms with Gasteiger partial charge in [-0.25, -0.2) is 0 Å². The molecule has 0 radical (unpaired) electrons. The van der Waals surface area contributed by atoms with Gasteiger partial charge in [-0.1, -0.05) is 6.92 Å². The van der Waals surface area contributed by atoms with Crippen molar-refractivity contribution in [2.45, 2.75) is 19.4 Å². The standard InChI is InChI=1S/C11H18N4O3/c1-7-4-5-15(8(7)6-16)9-12-10(17-2)14-11(13-9)18-3/h7-8,16H,4-6H2,1-3H3. The molecule has 7 heteroatoms. The van der Waals surface area contributed by atoms with Gasteiger partial charge >= 0.3 is 12.0 Å². The zero-order chi connectivity index (χ0) is 13.1. The summed E-state index contributed by atoms with van der Waals surface area (Å²) in [5.74, 6) is 0.894. The lowest BCUT2D eigenvalue weighted by Gasteiger charge is -2.25. The smallest absolute Gasteiger partial charge is 0.324 e. The number of nitrogens with zero attached hydrogens (tertiary/aromatic N) is 4. The lowest BCUT2D eigenvalue weighted by molar-refractivity contribution is 0.243. The predicted molar refractivity (Wildman–Crippen MR) is 64.9 cm³/mol. The molecule has 1 saturated heterocycles. The minimum atomic E-state index is 0.0295. The van der Waals surface area contributed by atoms with Crippen LogP contribution >= 0.6 is 0 Å². The van der Waals surface area contributed by atoms with Crippen molar-refractivity contribution in [2.24, 2.45) is 5.92 Å². The van der Waals surface area contributed by atoms with Gasteiger partial charge in [0.05, 0.1) is 26.9 Å². The van der Waals surface area contributed by atoms with Crippen LogP contribution in [0.4, 0.5) is 5.95 Å². The molecule has 1 aromatic heterocycles. The molecule has 2 atom stereocenters. The summed E-state index contributed by atoms with van der Waals surface area (Å²) < 4.78 is 10.0. The second-order valence-corrected chi connectivity index (χ2v) is 4.32. The first-order valence-electron chi connectivity index (χ1n) is 5.91. The Morgan fingerprint density at radius 2 is 1.83 bits per heavy atom. The van der Waals surface area contributed by atoms with Gasteiger partial charge in [0.2, 0.25) is 5.95 Å². The highest BCUT2D eigenvalue weighted by molar-refractivity contribution is 5.36. The second-order valence-electron chi connectivity index (χ2n) is 4.32. The van der Waals surface area contributed by atoms with Crippen LogP contribution in [0.5, 0.6) is 12.0 Å². The van der Waals surface area contributed by atoms with Crippen molar-refractivity contribution >= 4 is 5.95 Å². The molecule has 2 rings (SSSR count). The highest BCUT2D eigenvalue weighted by Crippen LogP contribution is 2.28. The molecule has 1 aliphatic rings. The van der Waals surface area contributed by atoms with Crippen molar-refractivity contribution in [3.63, 3.8) is 0 Å². The number of aliphatic hydroxyl groups is 1. The molecule has 1 aliphatic heterocycles. The van der Waals surface area contributed by atoms with Crippen LogP contribution in [0.25, 0.3) is 0 Å². The topological polar surface area (TPSA) is 80.6 Å². The average molecular weight is 254 g/mol. The van der Waals surface area contributed by atoms with Crippen LogP contribution in [0.1, 0.15) is 13.3 Å². The monoisotopic (exact) mass is 254 g/mol. The fourth-order valence-electron chi connectivity index (χ4n) is 2.17. The zero-order valence-corrected chi connectivity index (χ0v) is 10.8. The third-order valence-electron chi connectivity index (χ3n) is 3.27. The summed E-state index contributed by atoms with van der Waals surface area (Å²) in [5.41, 5.74) is 0. The SMILES string of the molecule is COc1nc(OC)nc(N2CCC(C)C2CO)n1. The Morgan fingerprint density at radius 1 is 1.22 bits per heavy atom. The Balaban J connectivity index is 2.32. The van der Waals surface area contributed by atoms with Crippen LogP contribution in [-0.2, 0) is 0 Å². The third kappa shape index (κ3) is 2.31. The molecule has 0 aliphatic carbocycles. The number of methoxy groups -OCH3 is 2. The molecular formula is C11H18N4O3. The summed E-state index contributed by atoms with van der Waals surface area (Å²) in [7, 11) is 2.99. The van der Waals surface area contributed by atoms with E-state index in [0.717, 1.165) is 13.0 Å². The van der Waals surface area contributed by atoms with E-state index in [9.17, 15) is 5.11 Å². The highest BCUT2D eigenvalue weighted by Gasteiger charge is 2.33. The van der Waals surface area contributed by atoms with Gasteiger partial charge < -0.3 is 19.5 Å². The lowest BCUT2D eigenvalue weighted by atomic mass is 10.0. The predicted octanol–water partition coefficient (Wildman–Crippen LogP) is 0.0959. The molecule has 0 amide bonds. The van der Waals surface area contributed by atoms with Crippen molar-refractivity contribution < 1.29 is 14.6 Å². The van der Waals surface area contributed by atoms with Crippen LogP contribution < -0.4 is 14.4 Å². The lowest BCUT2D eigenvalue weighted by Crippen LogP contribution is -2.36. The normalized spacial score (nSPS) is 23.2. The fraction of sp³-hybridized carbons (Fsp3) is 0.727. The minimum Gasteiger partial charge on any atom is -0.467 e. The van der Waals surface area contributed by atoms with Crippen molar-refractivity contribution in [3.05, 3.63) is 0 Å². The molecule has 18 heavy (non-hydrogen) atoms. The van der Waals surface area contributed by atoms with Gasteiger partial charge in [0, 0.05) is 6.54 Å². The van der Waals surface area contributed by atoms with Crippen molar-refractivity contribution in [2.75, 3.05) is 32.3 Å². The summed E-state index contributed by atoms with van der Waals surface area (Å²) in [6.45, 7) is 3.00. The Bertz CT molecular complexity index is 393. The Morgan fingerprint density at radius 3 is 2.33 bits per heavy atom. The van der Waals surface area contributed by atoms with Crippen LogP contribution in [-0.4, -0.2) is 53.5 Å². The largest absolute Gasteiger partial charge is 0.467 e. The number of ether oxygens (including phenoxy) is 2. The molecule has 100 valence electrons. The van der Waals surface area contributed by atoms with E-state index in [4.69, 9.17) is 9.47 Å². The highest BCUT2D eigenvalue weighted by atomic mass is 16.5. The van der Waals surface area contributed by atoms with Crippen LogP contribution in [0, 0.1) is 5.92 Å². The summed E-state index contributed by atoms with van der Waals surface area (Å²) in [6, 6.07) is 0.461. The van der Waals surface area contributed by atoms with E-state index in [0.29, 0.717) is 11.9 Å². The molecule has 0 saturated carbocycles. The van der Waals surface area contributed by atoms with Gasteiger partial charge in [0.15, 0.2) is 0 Å². The molecular weight excluding hydrogens is 236 g/mol. The number of hydrogen-bond donors (Lipinski definition) is 1. The number of anilines is 1. The maximum atomic E-state index is 9.45. The number of hydrogen-bond acceptors (Lipinski definition) is 7. The number of aromatic nitrogens is 3. The van der Waals surface area contributed by atoms with Gasteiger partial charge in [0.1, 0.15) is 0 Å². The molecule has 1 N–H and O–H groups in total. The van der Waals surface area contributed by atoms with E-state index in [1.54, 1.807) is 0 Å². The molecule has 2 heterocycles. The van der Waals surface area contributed by atoms with Gasteiger partial charge in [0.25, 0.3) is 0 Å². The average Bonchev–Trinajstić information content (AvgIpc) is 2.79. The summed E-state index contributed by atoms with van der Waals surface area (Å²) >= 11 is 0. The molecule has 1 aromatic rings. The second kappa shape index (κ2) is 5.34. The Kier molecular flexibility index (Phi) is 3.81. The van der Waals surface area contributed by atoms with Crippen LogP contribution in [0.15, 0.2) is 0 Å². The van der Waals surface area contributed by atoms with Gasteiger partial charge in [-0.3, -0.25) is 0 Å². The first kappa shape index (κ1) is 12.8. The quantitative estimate of drug-likeness (QED) is 0.815. The van der Waals surface area contributed by atoms with E-state index in [2.05, 4.69) is 21.9 Å². The maximum absolute atomic E-state index is 9.45. The van der Waals surface area contributed by atoms with E-state index in [-0.39, 0.29) is 24.7 Å². The molecule has 2 unspecified atom stereocenters. The first-order chi connectivity index (χ1) is 8.69. The van der Waals surface area contributed by atoms with Gasteiger partial charge in [-0.15, -0.1) is 4.98 Å². The van der Waals surface area contributed by atoms with E-state index in [1.165, 1.54) is 14.2 Å². The number of rotatable bonds is 4. The first-order valence-corrected chi connectivity index (χ1v) is 5.91. The van der Waals surface area contributed by atoms with E-state index < -0.39 is 0 Å². The van der Waals surface area contributed by atoms with Gasteiger partial charge in [-0.05, 0) is 12.3 Å². The van der Waals surface area contributed by atoms with E-state index in [1.807, 2.05) is 4.90 Å². The summed E-state index contributed by atoms with van der Waals surface area (Å²) in [6.07, 6.45) is 1.00. The fourth-order valence-corrected chi connectivity index (χ4v) is 2.17. The molecule has 0 bridgehead atoms. The summed E-state index contributed by atoms with van der Waals surface area (Å²) in [4.78, 5) is 14.3. The maximum Gasteiger partial charge on any atom is 0.324 e. The van der Waals surface area contributed by atoms with Crippen molar-refractivity contribution in [1.29, 1.82) is 0 Å². The molecule has 0 aromatic carbocycles. The Labute approximate surface area is 106 Å². The minimum absolute atomic E-state index is 0.0295. The van der Waals surface area contributed by atoms with Crippen LogP contribution in [0.3, 0.4) is 0 Å². The van der Waals surface area contributed by atoms with Crippen molar-refractivity contribution in [1.82, 2.24) is 15.0 Å². The van der Waals surface area contributed by atoms with E-state index >= 15 is 0 Å². The number of aliphatic hydroxyl groups excluding tert-OH is 1. The van der Waals surface area contributed by atoms with Crippen molar-refractivity contribution in [3.8, 4) is 12.0 Å². The molecule has 1 fully saturated rings. The van der Waals surface area contributed by atoms with Crippen LogP contribution in [0.2, 0.25) is 0 Å². The molecule has 0 spiro atoms. The van der Waals surface area contributed by atoms with Gasteiger partial charge in [-0.2, -0.15) is 9.97 Å². The molecule has 7 nitrogen and oxygen atoms in total. The Hall–Kier alpha value is -1.63.